The van der Waals surface area contributed by atoms with Crippen molar-refractivity contribution in [1.82, 2.24) is 15.0 Å². The fourth-order valence-corrected chi connectivity index (χ4v) is 1.75. The minimum Gasteiger partial charge on any atom is -0.439 e. The van der Waals surface area contributed by atoms with E-state index in [1.165, 1.54) is 0 Å². The lowest BCUT2D eigenvalue weighted by atomic mass is 10.2. The van der Waals surface area contributed by atoms with E-state index in [1.807, 2.05) is 31.2 Å². The predicted octanol–water partition coefficient (Wildman–Crippen LogP) is 2.71. The van der Waals surface area contributed by atoms with E-state index in [9.17, 15) is 0 Å². The molecule has 2 heterocycles. The van der Waals surface area contributed by atoms with Gasteiger partial charge in [0.05, 0.1) is 0 Å². The highest BCUT2D eigenvalue weighted by molar-refractivity contribution is 5.69. The van der Waals surface area contributed by atoms with Crippen LogP contribution in [0.25, 0.3) is 11.2 Å². The van der Waals surface area contributed by atoms with Crippen LogP contribution in [0.3, 0.4) is 0 Å². The molecule has 3 rings (SSSR count). The molecule has 19 heavy (non-hydrogen) atoms. The summed E-state index contributed by atoms with van der Waals surface area (Å²) in [7, 11) is 0. The number of nitrogens with two attached hydrogens (primary N) is 1. The van der Waals surface area contributed by atoms with Gasteiger partial charge < -0.3 is 10.5 Å². The van der Waals surface area contributed by atoms with Crippen molar-refractivity contribution in [2.45, 2.75) is 6.92 Å². The van der Waals surface area contributed by atoms with Crippen molar-refractivity contribution in [3.63, 3.8) is 0 Å². The maximum Gasteiger partial charge on any atom is 0.221 e. The number of rotatable bonds is 2. The molecular weight excluding hydrogens is 240 g/mol. The number of ether oxygens (including phenoxy) is 1. The zero-order valence-electron chi connectivity index (χ0n) is 10.4. The summed E-state index contributed by atoms with van der Waals surface area (Å²) < 4.78 is 5.74. The first-order chi connectivity index (χ1) is 9.24. The van der Waals surface area contributed by atoms with Crippen LogP contribution < -0.4 is 10.5 Å². The lowest BCUT2D eigenvalue weighted by Gasteiger charge is -2.09. The summed E-state index contributed by atoms with van der Waals surface area (Å²) in [6.07, 6.45) is 3.23. The number of anilines is 1. The summed E-state index contributed by atoms with van der Waals surface area (Å²) in [5, 5.41) is 0. The molecule has 5 nitrogen and oxygen atoms in total. The van der Waals surface area contributed by atoms with E-state index in [2.05, 4.69) is 15.0 Å². The average Bonchev–Trinajstić information content (AvgIpc) is 2.44. The van der Waals surface area contributed by atoms with Crippen LogP contribution in [0.5, 0.6) is 11.6 Å². The molecule has 2 N–H and O–H groups in total. The van der Waals surface area contributed by atoms with E-state index in [-0.39, 0.29) is 0 Å². The fraction of sp³-hybridized carbons (Fsp3) is 0.0714. The largest absolute Gasteiger partial charge is 0.439 e. The lowest BCUT2D eigenvalue weighted by molar-refractivity contribution is 0.461. The Balaban J connectivity index is 1.99. The number of aromatic nitrogens is 3. The Morgan fingerprint density at radius 3 is 2.79 bits per heavy atom. The zero-order chi connectivity index (χ0) is 13.2. The second kappa shape index (κ2) is 4.53. The van der Waals surface area contributed by atoms with Gasteiger partial charge >= 0.3 is 0 Å². The number of hydrogen-bond donors (Lipinski definition) is 1. The third kappa shape index (κ3) is 2.18. The van der Waals surface area contributed by atoms with Crippen molar-refractivity contribution in [3.05, 3.63) is 48.3 Å². The molecule has 0 aliphatic rings. The maximum absolute atomic E-state index is 5.84. The van der Waals surface area contributed by atoms with Gasteiger partial charge in [0, 0.05) is 29.7 Å². The molecule has 3 aromatic rings. The number of hydrogen-bond acceptors (Lipinski definition) is 5. The minimum atomic E-state index is 0.474. The topological polar surface area (TPSA) is 73.9 Å². The number of pyridine rings is 1. The van der Waals surface area contributed by atoms with Crippen molar-refractivity contribution in [2.24, 2.45) is 0 Å². The van der Waals surface area contributed by atoms with Gasteiger partial charge in [-0.1, -0.05) is 6.07 Å². The molecule has 0 atom stereocenters. The SMILES string of the molecule is Cc1c(N)cccc1Oc1ccc2nccnc2n1. The van der Waals surface area contributed by atoms with Crippen LogP contribution in [0.15, 0.2) is 42.7 Å². The Hall–Kier alpha value is -2.69. The first kappa shape index (κ1) is 11.4. The highest BCUT2D eigenvalue weighted by Crippen LogP contribution is 2.27. The molecule has 2 aromatic heterocycles. The van der Waals surface area contributed by atoms with Gasteiger partial charge in [0.2, 0.25) is 5.88 Å². The van der Waals surface area contributed by atoms with Gasteiger partial charge in [0.25, 0.3) is 0 Å². The smallest absolute Gasteiger partial charge is 0.221 e. The Bertz CT molecular complexity index is 742. The summed E-state index contributed by atoms with van der Waals surface area (Å²) >= 11 is 0. The van der Waals surface area contributed by atoms with Crippen LogP contribution in [0.2, 0.25) is 0 Å². The van der Waals surface area contributed by atoms with E-state index in [1.54, 1.807) is 18.5 Å². The first-order valence-electron chi connectivity index (χ1n) is 5.85. The van der Waals surface area contributed by atoms with Gasteiger partial charge in [-0.05, 0) is 25.1 Å². The molecule has 0 spiro atoms. The number of fused-ring (bicyclic) bond motifs is 1. The molecule has 94 valence electrons. The summed E-state index contributed by atoms with van der Waals surface area (Å²) in [5.41, 5.74) is 8.72. The van der Waals surface area contributed by atoms with Gasteiger partial charge in [0.15, 0.2) is 5.65 Å². The molecule has 0 saturated carbocycles. The second-order valence-corrected chi connectivity index (χ2v) is 4.12. The molecule has 5 heteroatoms. The molecule has 1 aromatic carbocycles. The highest BCUT2D eigenvalue weighted by Gasteiger charge is 2.06. The molecule has 0 unspecified atom stereocenters. The molecule has 0 fully saturated rings. The van der Waals surface area contributed by atoms with Gasteiger partial charge in [-0.3, -0.25) is 4.98 Å². The lowest BCUT2D eigenvalue weighted by Crippen LogP contribution is -1.95. The fourth-order valence-electron chi connectivity index (χ4n) is 1.75. The van der Waals surface area contributed by atoms with Crippen LogP contribution in [-0.2, 0) is 0 Å². The van der Waals surface area contributed by atoms with E-state index >= 15 is 0 Å². The monoisotopic (exact) mass is 252 g/mol. The van der Waals surface area contributed by atoms with E-state index < -0.39 is 0 Å². The molecular formula is C14H12N4O. The Kier molecular flexibility index (Phi) is 2.72. The summed E-state index contributed by atoms with van der Waals surface area (Å²) in [6, 6.07) is 9.13. The minimum absolute atomic E-state index is 0.474. The van der Waals surface area contributed by atoms with Gasteiger partial charge in [0.1, 0.15) is 11.3 Å². The second-order valence-electron chi connectivity index (χ2n) is 4.12. The van der Waals surface area contributed by atoms with Gasteiger partial charge in [-0.25, -0.2) is 4.98 Å². The molecule has 0 radical (unpaired) electrons. The maximum atomic E-state index is 5.84. The average molecular weight is 252 g/mol. The summed E-state index contributed by atoms with van der Waals surface area (Å²) in [4.78, 5) is 12.6. The van der Waals surface area contributed by atoms with Crippen molar-refractivity contribution in [3.8, 4) is 11.6 Å². The van der Waals surface area contributed by atoms with Gasteiger partial charge in [-0.15, -0.1) is 0 Å². The van der Waals surface area contributed by atoms with Crippen molar-refractivity contribution in [2.75, 3.05) is 5.73 Å². The predicted molar refractivity (Wildman–Crippen MR) is 73.0 cm³/mol. The number of benzene rings is 1. The Labute approximate surface area is 110 Å². The van der Waals surface area contributed by atoms with Crippen molar-refractivity contribution in [1.29, 1.82) is 0 Å². The third-order valence-corrected chi connectivity index (χ3v) is 2.85. The van der Waals surface area contributed by atoms with Crippen LogP contribution in [-0.4, -0.2) is 15.0 Å². The van der Waals surface area contributed by atoms with Crippen molar-refractivity contribution < 1.29 is 4.74 Å². The van der Waals surface area contributed by atoms with Gasteiger partial charge in [-0.2, -0.15) is 4.98 Å². The van der Waals surface area contributed by atoms with Crippen LogP contribution in [0.1, 0.15) is 5.56 Å². The zero-order valence-corrected chi connectivity index (χ0v) is 10.4. The number of nitrogen functional groups attached to an aromatic ring is 1. The molecule has 0 saturated heterocycles. The van der Waals surface area contributed by atoms with Crippen molar-refractivity contribution >= 4 is 16.9 Å². The third-order valence-electron chi connectivity index (χ3n) is 2.85. The summed E-state index contributed by atoms with van der Waals surface area (Å²) in [6.45, 7) is 1.91. The highest BCUT2D eigenvalue weighted by atomic mass is 16.5. The quantitative estimate of drug-likeness (QED) is 0.710. The number of nitrogens with zero attached hydrogens (tertiary/aromatic N) is 3. The standard InChI is InChI=1S/C14H12N4O/c1-9-10(15)3-2-4-12(9)19-13-6-5-11-14(18-13)17-8-7-16-11/h2-8H,15H2,1H3. The molecule has 0 aliphatic carbocycles. The normalized spacial score (nSPS) is 10.6. The van der Waals surface area contributed by atoms with Crippen LogP contribution >= 0.6 is 0 Å². The Morgan fingerprint density at radius 1 is 1.05 bits per heavy atom. The van der Waals surface area contributed by atoms with E-state index in [0.717, 1.165) is 11.1 Å². The van der Waals surface area contributed by atoms with Crippen LogP contribution in [0, 0.1) is 6.92 Å². The molecule has 0 amide bonds. The van der Waals surface area contributed by atoms with E-state index in [0.29, 0.717) is 23.0 Å². The molecule has 0 bridgehead atoms. The van der Waals surface area contributed by atoms with E-state index in [4.69, 9.17) is 10.5 Å². The molecule has 0 aliphatic heterocycles. The van der Waals surface area contributed by atoms with Crippen LogP contribution in [0.4, 0.5) is 5.69 Å². The first-order valence-corrected chi connectivity index (χ1v) is 5.85. The Morgan fingerprint density at radius 2 is 1.89 bits per heavy atom. The summed E-state index contributed by atoms with van der Waals surface area (Å²) in [5.74, 6) is 1.16.